The molecule has 2 aromatic carbocycles. The number of piperazine rings is 1. The molecule has 2 aromatic rings. The van der Waals surface area contributed by atoms with Crippen molar-refractivity contribution < 1.29 is 27.4 Å². The first-order valence-electron chi connectivity index (χ1n) is 8.37. The zero-order valence-electron chi connectivity index (χ0n) is 14.2. The zero-order valence-corrected chi connectivity index (χ0v) is 14.2. The van der Waals surface area contributed by atoms with Crippen molar-refractivity contribution in [2.45, 2.75) is 0 Å². The van der Waals surface area contributed by atoms with Gasteiger partial charge in [0.15, 0.2) is 29.0 Å². The molecule has 2 heterocycles. The van der Waals surface area contributed by atoms with Crippen LogP contribution in [0.4, 0.5) is 29.3 Å². The number of rotatable bonds is 2. The summed E-state index contributed by atoms with van der Waals surface area (Å²) in [4.78, 5) is 15.6. The quantitative estimate of drug-likeness (QED) is 0.815. The summed E-state index contributed by atoms with van der Waals surface area (Å²) in [7, 11) is 0. The molecule has 0 radical (unpaired) electrons. The molecular weight excluding hydrogens is 363 g/mol. The molecule has 0 spiro atoms. The predicted molar refractivity (Wildman–Crippen MR) is 91.7 cm³/mol. The Kier molecular flexibility index (Phi) is 4.43. The number of ether oxygens (including phenoxy) is 2. The highest BCUT2D eigenvalue weighted by molar-refractivity contribution is 5.90. The van der Waals surface area contributed by atoms with Gasteiger partial charge in [-0.2, -0.15) is 0 Å². The molecule has 2 aliphatic rings. The van der Waals surface area contributed by atoms with Crippen molar-refractivity contribution in [3.8, 4) is 11.5 Å². The fourth-order valence-corrected chi connectivity index (χ4v) is 3.09. The molecule has 6 nitrogen and oxygen atoms in total. The van der Waals surface area contributed by atoms with Crippen LogP contribution in [0, 0.1) is 17.5 Å². The number of nitrogens with one attached hydrogen (secondary N) is 1. The molecule has 27 heavy (non-hydrogen) atoms. The minimum Gasteiger partial charge on any atom is -0.454 e. The fourth-order valence-electron chi connectivity index (χ4n) is 3.09. The molecule has 9 heteroatoms. The Balaban J connectivity index is 1.38. The number of benzene rings is 2. The van der Waals surface area contributed by atoms with Crippen LogP contribution >= 0.6 is 0 Å². The maximum Gasteiger partial charge on any atom is 0.321 e. The first-order valence-corrected chi connectivity index (χ1v) is 8.37. The highest BCUT2D eigenvalue weighted by Crippen LogP contribution is 2.34. The van der Waals surface area contributed by atoms with Crippen LogP contribution in [0.2, 0.25) is 0 Å². The Morgan fingerprint density at radius 1 is 0.926 bits per heavy atom. The Bertz CT molecular complexity index is 886. The minimum absolute atomic E-state index is 0.00951. The summed E-state index contributed by atoms with van der Waals surface area (Å²) in [6.45, 7) is 1.38. The number of fused-ring (bicyclic) bond motifs is 1. The number of carbonyl (C=O) groups is 1. The van der Waals surface area contributed by atoms with E-state index in [0.29, 0.717) is 43.4 Å². The summed E-state index contributed by atoms with van der Waals surface area (Å²) in [6.07, 6.45) is 0. The average Bonchev–Trinajstić information content (AvgIpc) is 3.14. The average molecular weight is 379 g/mol. The summed E-state index contributed by atoms with van der Waals surface area (Å²) >= 11 is 0. The van der Waals surface area contributed by atoms with Crippen molar-refractivity contribution >= 4 is 17.4 Å². The fraction of sp³-hybridized carbons (Fsp3) is 0.278. The Morgan fingerprint density at radius 3 is 2.44 bits per heavy atom. The highest BCUT2D eigenvalue weighted by atomic mass is 19.2. The van der Waals surface area contributed by atoms with Crippen molar-refractivity contribution in [1.82, 2.24) is 4.90 Å². The van der Waals surface area contributed by atoms with Crippen LogP contribution in [0.3, 0.4) is 0 Å². The standard InChI is InChI=1S/C18H16F3N3O3/c19-12-2-3-13(17(21)16(12)20)23-5-7-24(8-6-23)18(25)22-11-1-4-14-15(9-11)27-10-26-14/h1-4,9H,5-8,10H2,(H,22,25). The molecule has 0 aromatic heterocycles. The molecule has 0 unspecified atom stereocenters. The van der Waals surface area contributed by atoms with Crippen LogP contribution in [0.15, 0.2) is 30.3 Å². The van der Waals surface area contributed by atoms with Gasteiger partial charge in [0.1, 0.15) is 0 Å². The van der Waals surface area contributed by atoms with E-state index in [-0.39, 0.29) is 18.5 Å². The van der Waals surface area contributed by atoms with Crippen LogP contribution in [-0.2, 0) is 0 Å². The lowest BCUT2D eigenvalue weighted by Crippen LogP contribution is -2.50. The van der Waals surface area contributed by atoms with Crippen LogP contribution in [-0.4, -0.2) is 43.9 Å². The Morgan fingerprint density at radius 2 is 1.67 bits per heavy atom. The Hall–Kier alpha value is -3.10. The first-order chi connectivity index (χ1) is 13.0. The van der Waals surface area contributed by atoms with Crippen molar-refractivity contribution in [2.24, 2.45) is 0 Å². The third-order valence-corrected chi connectivity index (χ3v) is 4.55. The van der Waals surface area contributed by atoms with E-state index in [1.54, 1.807) is 28.0 Å². The van der Waals surface area contributed by atoms with Crippen LogP contribution < -0.4 is 19.7 Å². The largest absolute Gasteiger partial charge is 0.454 e. The number of nitrogens with zero attached hydrogens (tertiary/aromatic N) is 2. The summed E-state index contributed by atoms with van der Waals surface area (Å²) in [5, 5.41) is 2.77. The molecule has 1 saturated heterocycles. The van der Waals surface area contributed by atoms with Gasteiger partial charge in [0, 0.05) is 37.9 Å². The van der Waals surface area contributed by atoms with Crippen molar-refractivity contribution in [3.63, 3.8) is 0 Å². The van der Waals surface area contributed by atoms with Crippen LogP contribution in [0.25, 0.3) is 0 Å². The monoisotopic (exact) mass is 379 g/mol. The number of hydrogen-bond acceptors (Lipinski definition) is 4. The lowest BCUT2D eigenvalue weighted by Gasteiger charge is -2.36. The smallest absolute Gasteiger partial charge is 0.321 e. The van der Waals surface area contributed by atoms with Gasteiger partial charge in [0.05, 0.1) is 5.69 Å². The van der Waals surface area contributed by atoms with E-state index in [4.69, 9.17) is 9.47 Å². The third kappa shape index (κ3) is 3.32. The van der Waals surface area contributed by atoms with Gasteiger partial charge < -0.3 is 24.6 Å². The SMILES string of the molecule is O=C(Nc1ccc2c(c1)OCO2)N1CCN(c2ccc(F)c(F)c2F)CC1. The molecule has 0 saturated carbocycles. The molecule has 0 bridgehead atoms. The number of halogens is 3. The molecule has 2 amide bonds. The van der Waals surface area contributed by atoms with Gasteiger partial charge in [0.25, 0.3) is 0 Å². The van der Waals surface area contributed by atoms with E-state index in [1.807, 2.05) is 0 Å². The molecule has 1 fully saturated rings. The highest BCUT2D eigenvalue weighted by Gasteiger charge is 2.25. The maximum absolute atomic E-state index is 13.9. The second-order valence-corrected chi connectivity index (χ2v) is 6.17. The summed E-state index contributed by atoms with van der Waals surface area (Å²) in [5.41, 5.74) is 0.558. The van der Waals surface area contributed by atoms with Gasteiger partial charge in [-0.1, -0.05) is 0 Å². The number of urea groups is 1. The van der Waals surface area contributed by atoms with Gasteiger partial charge in [-0.15, -0.1) is 0 Å². The third-order valence-electron chi connectivity index (χ3n) is 4.55. The second kappa shape index (κ2) is 6.90. The predicted octanol–water partition coefficient (Wildman–Crippen LogP) is 3.19. The lowest BCUT2D eigenvalue weighted by atomic mass is 10.2. The van der Waals surface area contributed by atoms with Gasteiger partial charge in [-0.25, -0.2) is 18.0 Å². The summed E-state index contributed by atoms with van der Waals surface area (Å²) < 4.78 is 50.9. The molecule has 4 rings (SSSR count). The van der Waals surface area contributed by atoms with Gasteiger partial charge in [-0.05, 0) is 24.3 Å². The number of anilines is 2. The van der Waals surface area contributed by atoms with Gasteiger partial charge in [-0.3, -0.25) is 0 Å². The number of hydrogen-bond donors (Lipinski definition) is 1. The van der Waals surface area contributed by atoms with E-state index >= 15 is 0 Å². The summed E-state index contributed by atoms with van der Waals surface area (Å²) in [6, 6.07) is 6.88. The molecule has 142 valence electrons. The Labute approximate surface area is 153 Å². The molecule has 2 aliphatic heterocycles. The van der Waals surface area contributed by atoms with Crippen molar-refractivity contribution in [3.05, 3.63) is 47.8 Å². The van der Waals surface area contributed by atoms with E-state index in [9.17, 15) is 18.0 Å². The van der Waals surface area contributed by atoms with Gasteiger partial charge in [0.2, 0.25) is 6.79 Å². The summed E-state index contributed by atoms with van der Waals surface area (Å²) in [5.74, 6) is -2.75. The maximum atomic E-state index is 13.9. The van der Waals surface area contributed by atoms with Crippen molar-refractivity contribution in [1.29, 1.82) is 0 Å². The van der Waals surface area contributed by atoms with Crippen LogP contribution in [0.5, 0.6) is 11.5 Å². The molecule has 0 aliphatic carbocycles. The first kappa shape index (κ1) is 17.3. The lowest BCUT2D eigenvalue weighted by molar-refractivity contribution is 0.174. The second-order valence-electron chi connectivity index (χ2n) is 6.17. The molecule has 1 N–H and O–H groups in total. The minimum atomic E-state index is -1.49. The van der Waals surface area contributed by atoms with E-state index < -0.39 is 17.5 Å². The van der Waals surface area contributed by atoms with E-state index in [0.717, 1.165) is 6.07 Å². The number of amides is 2. The van der Waals surface area contributed by atoms with E-state index in [2.05, 4.69) is 5.32 Å². The molecular formula is C18H16F3N3O3. The number of carbonyl (C=O) groups excluding carboxylic acids is 1. The normalized spacial score (nSPS) is 15.8. The van der Waals surface area contributed by atoms with Crippen LogP contribution in [0.1, 0.15) is 0 Å². The van der Waals surface area contributed by atoms with E-state index in [1.165, 1.54) is 6.07 Å². The zero-order chi connectivity index (χ0) is 19.0. The van der Waals surface area contributed by atoms with Crippen molar-refractivity contribution in [2.75, 3.05) is 43.2 Å². The topological polar surface area (TPSA) is 54.0 Å². The molecule has 0 atom stereocenters. The van der Waals surface area contributed by atoms with Gasteiger partial charge >= 0.3 is 6.03 Å².